The van der Waals surface area contributed by atoms with Gasteiger partial charge in [0.1, 0.15) is 17.4 Å². The van der Waals surface area contributed by atoms with E-state index in [2.05, 4.69) is 17.6 Å². The van der Waals surface area contributed by atoms with Gasteiger partial charge in [-0.05, 0) is 48.4 Å². The second-order valence-corrected chi connectivity index (χ2v) is 4.87. The monoisotopic (exact) mass is 307 g/mol. The molecule has 0 aromatic heterocycles. The molecule has 0 spiro atoms. The van der Waals surface area contributed by atoms with Crippen molar-refractivity contribution in [3.05, 3.63) is 65.9 Å². The smallest absolute Gasteiger partial charge is 0.267 e. The highest BCUT2D eigenvalue weighted by Crippen LogP contribution is 2.15. The third kappa shape index (κ3) is 4.61. The normalized spacial score (nSPS) is 10.7. The second-order valence-electron chi connectivity index (χ2n) is 4.87. The molecule has 23 heavy (non-hydrogen) atoms. The molecular weight excluding hydrogens is 290 g/mol. The van der Waals surface area contributed by atoms with E-state index in [1.807, 2.05) is 30.3 Å². The van der Waals surface area contributed by atoms with Crippen LogP contribution in [0.5, 0.6) is 5.75 Å². The predicted molar refractivity (Wildman–Crippen MR) is 89.9 cm³/mol. The highest BCUT2D eigenvalue weighted by molar-refractivity contribution is 6.06. The molecule has 0 fully saturated rings. The first-order chi connectivity index (χ1) is 11.1. The summed E-state index contributed by atoms with van der Waals surface area (Å²) in [5, 5.41) is 23.9. The van der Waals surface area contributed by atoms with Crippen LogP contribution in [0.1, 0.15) is 12.5 Å². The molecular formula is C18H17N3O2. The molecule has 5 nitrogen and oxygen atoms in total. The third-order valence-electron chi connectivity index (χ3n) is 3.24. The number of phenols is 1. The molecule has 2 aromatic rings. The van der Waals surface area contributed by atoms with E-state index in [4.69, 9.17) is 5.26 Å². The number of amides is 1. The molecule has 0 saturated carbocycles. The Morgan fingerprint density at radius 1 is 1.13 bits per heavy atom. The molecule has 0 unspecified atom stereocenters. The number of phenolic OH excluding ortho intramolecular Hbond substituents is 1. The average molecular weight is 307 g/mol. The number of nitrogens with one attached hydrogen (secondary N) is 2. The number of aromatic hydroxyl groups is 1. The maximum atomic E-state index is 12.0. The van der Waals surface area contributed by atoms with E-state index >= 15 is 0 Å². The van der Waals surface area contributed by atoms with Crippen LogP contribution in [0.25, 0.3) is 0 Å². The van der Waals surface area contributed by atoms with Gasteiger partial charge in [0, 0.05) is 17.6 Å². The number of rotatable bonds is 5. The SMILES string of the molecule is CCc1ccc(N/C=C(/C#N)C(=O)Nc2ccc(O)cc2)cc1. The van der Waals surface area contributed by atoms with Gasteiger partial charge in [0.15, 0.2) is 0 Å². The van der Waals surface area contributed by atoms with Crippen LogP contribution in [0.3, 0.4) is 0 Å². The van der Waals surface area contributed by atoms with Gasteiger partial charge in [0.2, 0.25) is 0 Å². The lowest BCUT2D eigenvalue weighted by molar-refractivity contribution is -0.112. The number of aryl methyl sites for hydroxylation is 1. The Kier molecular flexibility index (Phi) is 5.37. The van der Waals surface area contributed by atoms with E-state index in [0.717, 1.165) is 12.1 Å². The quantitative estimate of drug-likeness (QED) is 0.449. The van der Waals surface area contributed by atoms with Crippen molar-refractivity contribution in [1.82, 2.24) is 0 Å². The third-order valence-corrected chi connectivity index (χ3v) is 3.24. The topological polar surface area (TPSA) is 85.2 Å². The Morgan fingerprint density at radius 2 is 1.74 bits per heavy atom. The molecule has 3 N–H and O–H groups in total. The predicted octanol–water partition coefficient (Wildman–Crippen LogP) is 3.41. The Morgan fingerprint density at radius 3 is 2.30 bits per heavy atom. The largest absolute Gasteiger partial charge is 0.508 e. The van der Waals surface area contributed by atoms with Crippen molar-refractivity contribution in [2.45, 2.75) is 13.3 Å². The standard InChI is InChI=1S/C18H17N3O2/c1-2-13-3-5-15(6-4-13)20-12-14(11-19)18(23)21-16-7-9-17(22)10-8-16/h3-10,12,20,22H,2H2,1H3,(H,21,23)/b14-12-. The first kappa shape index (κ1) is 16.1. The Bertz CT molecular complexity index is 741. The average Bonchev–Trinajstić information content (AvgIpc) is 2.58. The van der Waals surface area contributed by atoms with Crippen LogP contribution >= 0.6 is 0 Å². The van der Waals surface area contributed by atoms with Crippen LogP contribution in [0, 0.1) is 11.3 Å². The van der Waals surface area contributed by atoms with Gasteiger partial charge in [-0.3, -0.25) is 4.79 Å². The zero-order valence-electron chi connectivity index (χ0n) is 12.7. The number of carbonyl (C=O) groups is 1. The molecule has 0 atom stereocenters. The molecule has 0 heterocycles. The van der Waals surface area contributed by atoms with E-state index in [-0.39, 0.29) is 11.3 Å². The number of carbonyl (C=O) groups excluding carboxylic acids is 1. The Labute approximate surface area is 134 Å². The van der Waals surface area contributed by atoms with Gasteiger partial charge in [-0.15, -0.1) is 0 Å². The van der Waals surface area contributed by atoms with Crippen molar-refractivity contribution in [1.29, 1.82) is 5.26 Å². The fourth-order valence-corrected chi connectivity index (χ4v) is 1.88. The summed E-state index contributed by atoms with van der Waals surface area (Å²) in [4.78, 5) is 12.0. The van der Waals surface area contributed by atoms with E-state index in [9.17, 15) is 9.90 Å². The number of hydrogen-bond donors (Lipinski definition) is 3. The molecule has 2 aromatic carbocycles. The lowest BCUT2D eigenvalue weighted by atomic mass is 10.1. The van der Waals surface area contributed by atoms with Gasteiger partial charge in [0.05, 0.1) is 0 Å². The maximum absolute atomic E-state index is 12.0. The van der Waals surface area contributed by atoms with E-state index in [0.29, 0.717) is 5.69 Å². The molecule has 1 amide bonds. The summed E-state index contributed by atoms with van der Waals surface area (Å²) in [6.45, 7) is 2.07. The minimum atomic E-state index is -0.518. The maximum Gasteiger partial charge on any atom is 0.267 e. The van der Waals surface area contributed by atoms with Crippen LogP contribution in [0.4, 0.5) is 11.4 Å². The van der Waals surface area contributed by atoms with E-state index in [1.54, 1.807) is 12.1 Å². The summed E-state index contributed by atoms with van der Waals surface area (Å²) in [6.07, 6.45) is 2.32. The summed E-state index contributed by atoms with van der Waals surface area (Å²) in [7, 11) is 0. The number of anilines is 2. The Hall–Kier alpha value is -3.26. The molecule has 116 valence electrons. The Balaban J connectivity index is 2.03. The minimum absolute atomic E-state index is 0.0438. The van der Waals surface area contributed by atoms with Gasteiger partial charge in [-0.1, -0.05) is 19.1 Å². The zero-order chi connectivity index (χ0) is 16.7. The molecule has 0 radical (unpaired) electrons. The summed E-state index contributed by atoms with van der Waals surface area (Å²) in [6, 6.07) is 15.6. The fourth-order valence-electron chi connectivity index (χ4n) is 1.88. The van der Waals surface area contributed by atoms with Crippen LogP contribution < -0.4 is 10.6 Å². The summed E-state index contributed by atoms with van der Waals surface area (Å²) in [5.74, 6) is -0.410. The van der Waals surface area contributed by atoms with Gasteiger partial charge < -0.3 is 15.7 Å². The van der Waals surface area contributed by atoms with Crippen LogP contribution in [-0.2, 0) is 11.2 Å². The van der Waals surface area contributed by atoms with Gasteiger partial charge >= 0.3 is 0 Å². The van der Waals surface area contributed by atoms with Gasteiger partial charge in [0.25, 0.3) is 5.91 Å². The molecule has 0 aliphatic rings. The van der Waals surface area contributed by atoms with Crippen LogP contribution in [0.15, 0.2) is 60.3 Å². The summed E-state index contributed by atoms with van der Waals surface area (Å²) < 4.78 is 0. The molecule has 0 bridgehead atoms. The number of nitrogens with zero attached hydrogens (tertiary/aromatic N) is 1. The minimum Gasteiger partial charge on any atom is -0.508 e. The first-order valence-electron chi connectivity index (χ1n) is 7.18. The van der Waals surface area contributed by atoms with E-state index < -0.39 is 5.91 Å². The van der Waals surface area contributed by atoms with Crippen molar-refractivity contribution in [3.63, 3.8) is 0 Å². The number of hydrogen-bond acceptors (Lipinski definition) is 4. The fraction of sp³-hybridized carbons (Fsp3) is 0.111. The summed E-state index contributed by atoms with van der Waals surface area (Å²) >= 11 is 0. The number of nitriles is 1. The van der Waals surface area contributed by atoms with Crippen molar-refractivity contribution in [2.24, 2.45) is 0 Å². The van der Waals surface area contributed by atoms with Gasteiger partial charge in [-0.2, -0.15) is 5.26 Å². The number of benzene rings is 2. The van der Waals surface area contributed by atoms with Crippen molar-refractivity contribution in [3.8, 4) is 11.8 Å². The van der Waals surface area contributed by atoms with Crippen LogP contribution in [0.2, 0.25) is 0 Å². The highest BCUT2D eigenvalue weighted by atomic mass is 16.3. The molecule has 0 saturated heterocycles. The van der Waals surface area contributed by atoms with Crippen molar-refractivity contribution < 1.29 is 9.90 Å². The second kappa shape index (κ2) is 7.66. The van der Waals surface area contributed by atoms with Gasteiger partial charge in [-0.25, -0.2) is 0 Å². The first-order valence-corrected chi connectivity index (χ1v) is 7.18. The lowest BCUT2D eigenvalue weighted by Crippen LogP contribution is -2.14. The van der Waals surface area contributed by atoms with Crippen molar-refractivity contribution >= 4 is 17.3 Å². The zero-order valence-corrected chi connectivity index (χ0v) is 12.7. The molecule has 5 heteroatoms. The molecule has 0 aliphatic carbocycles. The summed E-state index contributed by atoms with van der Waals surface area (Å²) in [5.41, 5.74) is 2.47. The highest BCUT2D eigenvalue weighted by Gasteiger charge is 2.09. The van der Waals surface area contributed by atoms with Crippen LogP contribution in [-0.4, -0.2) is 11.0 Å². The van der Waals surface area contributed by atoms with E-state index in [1.165, 1.54) is 23.9 Å². The molecule has 0 aliphatic heterocycles. The molecule has 2 rings (SSSR count). The van der Waals surface area contributed by atoms with Crippen molar-refractivity contribution in [2.75, 3.05) is 10.6 Å². The lowest BCUT2D eigenvalue weighted by Gasteiger charge is -2.06.